The highest BCUT2D eigenvalue weighted by molar-refractivity contribution is 5.70. The van der Waals surface area contributed by atoms with Crippen molar-refractivity contribution in [2.75, 3.05) is 13.2 Å². The monoisotopic (exact) mass is 967 g/mol. The van der Waals surface area contributed by atoms with Gasteiger partial charge in [-0.25, -0.2) is 0 Å². The molecule has 0 bridgehead atoms. The molecule has 5 nitrogen and oxygen atoms in total. The first-order chi connectivity index (χ1) is 34.1. The average Bonchev–Trinajstić information content (AvgIpc) is 3.35. The Morgan fingerprint density at radius 2 is 0.580 bits per heavy atom. The molecule has 0 aliphatic carbocycles. The minimum atomic E-state index is -0.773. The molecule has 0 aromatic heterocycles. The van der Waals surface area contributed by atoms with Crippen LogP contribution in [0.2, 0.25) is 0 Å². The molecule has 1 atom stereocenters. The standard InChI is InChI=1S/C64H118O5/c1-3-5-7-9-11-13-15-17-19-21-22-23-24-25-26-27-28-29-30-31-32-33-34-35-36-37-38-39-40-41-42-43-45-47-49-51-53-55-57-59-64(67)69-62(60-65)61-68-63(66)58-56-54-52-50-48-46-44-20-18-16-14-12-10-8-6-4-2/h15,17,20-22,24-25,44,62,65H,3-14,16,18-19,23,26-43,45-61H2,1-2H3/b17-15-,22-21-,25-24-,44-20-. The zero-order valence-corrected chi connectivity index (χ0v) is 46.3. The fourth-order valence-corrected chi connectivity index (χ4v) is 9.21. The Morgan fingerprint density at radius 3 is 0.884 bits per heavy atom. The summed E-state index contributed by atoms with van der Waals surface area (Å²) in [4.78, 5) is 24.5. The van der Waals surface area contributed by atoms with Crippen LogP contribution in [0.5, 0.6) is 0 Å². The van der Waals surface area contributed by atoms with Gasteiger partial charge in [0.25, 0.3) is 0 Å². The lowest BCUT2D eigenvalue weighted by atomic mass is 10.0. The Hall–Kier alpha value is -2.14. The topological polar surface area (TPSA) is 72.8 Å². The van der Waals surface area contributed by atoms with Crippen molar-refractivity contribution in [3.8, 4) is 0 Å². The van der Waals surface area contributed by atoms with E-state index in [0.717, 1.165) is 57.8 Å². The van der Waals surface area contributed by atoms with Crippen LogP contribution < -0.4 is 0 Å². The Morgan fingerprint density at radius 1 is 0.333 bits per heavy atom. The van der Waals surface area contributed by atoms with Gasteiger partial charge in [0.1, 0.15) is 6.61 Å². The summed E-state index contributed by atoms with van der Waals surface area (Å²) >= 11 is 0. The van der Waals surface area contributed by atoms with Crippen LogP contribution in [-0.2, 0) is 19.1 Å². The van der Waals surface area contributed by atoms with Gasteiger partial charge >= 0.3 is 11.9 Å². The predicted octanol–water partition coefficient (Wildman–Crippen LogP) is 20.8. The van der Waals surface area contributed by atoms with E-state index in [1.54, 1.807) is 0 Å². The number of hydrogen-bond acceptors (Lipinski definition) is 5. The first kappa shape index (κ1) is 66.9. The summed E-state index contributed by atoms with van der Waals surface area (Å²) in [5, 5.41) is 9.64. The van der Waals surface area contributed by atoms with Crippen LogP contribution in [0.1, 0.15) is 328 Å². The molecule has 0 heterocycles. The molecule has 0 saturated carbocycles. The number of ether oxygens (including phenoxy) is 2. The SMILES string of the molecule is CCCCCCC/C=C\C/C=C\C/C=C\CCCCCCCCCCCCCCCCCCCCCCCCCCC(=O)OC(CO)COC(=O)CCCCCCC/C=C\CCCCCCCCC. The van der Waals surface area contributed by atoms with Gasteiger partial charge in [0, 0.05) is 12.8 Å². The smallest absolute Gasteiger partial charge is 0.306 e. The summed E-state index contributed by atoms with van der Waals surface area (Å²) in [7, 11) is 0. The third kappa shape index (κ3) is 58.3. The van der Waals surface area contributed by atoms with E-state index >= 15 is 0 Å². The van der Waals surface area contributed by atoms with E-state index < -0.39 is 6.10 Å². The molecule has 0 aliphatic rings. The molecule has 5 heteroatoms. The lowest BCUT2D eigenvalue weighted by Crippen LogP contribution is -2.28. The number of hydrogen-bond donors (Lipinski definition) is 1. The molecule has 1 N–H and O–H groups in total. The van der Waals surface area contributed by atoms with Crippen molar-refractivity contribution >= 4 is 11.9 Å². The Balaban J connectivity index is 3.39. The Kier molecular flexibility index (Phi) is 58.3. The fourth-order valence-electron chi connectivity index (χ4n) is 9.21. The van der Waals surface area contributed by atoms with Gasteiger partial charge in [-0.05, 0) is 77.0 Å². The fraction of sp³-hybridized carbons (Fsp3) is 0.844. The average molecular weight is 968 g/mol. The van der Waals surface area contributed by atoms with E-state index in [1.165, 1.54) is 244 Å². The van der Waals surface area contributed by atoms with Gasteiger partial charge in [0.2, 0.25) is 0 Å². The van der Waals surface area contributed by atoms with Crippen molar-refractivity contribution in [2.45, 2.75) is 335 Å². The minimum Gasteiger partial charge on any atom is -0.462 e. The molecule has 69 heavy (non-hydrogen) atoms. The van der Waals surface area contributed by atoms with E-state index in [4.69, 9.17) is 9.47 Å². The van der Waals surface area contributed by atoms with Gasteiger partial charge in [-0.15, -0.1) is 0 Å². The quantitative estimate of drug-likeness (QED) is 0.0373. The van der Waals surface area contributed by atoms with E-state index in [2.05, 4.69) is 62.5 Å². The second-order valence-electron chi connectivity index (χ2n) is 20.8. The summed E-state index contributed by atoms with van der Waals surface area (Å²) in [6.45, 7) is 4.15. The first-order valence-corrected chi connectivity index (χ1v) is 30.7. The molecule has 0 aliphatic heterocycles. The Labute approximate surface area is 430 Å². The van der Waals surface area contributed by atoms with Gasteiger partial charge in [-0.3, -0.25) is 9.59 Å². The lowest BCUT2D eigenvalue weighted by molar-refractivity contribution is -0.161. The molecular weight excluding hydrogens is 849 g/mol. The third-order valence-electron chi connectivity index (χ3n) is 13.8. The van der Waals surface area contributed by atoms with Crippen LogP contribution in [0.25, 0.3) is 0 Å². The molecule has 0 radical (unpaired) electrons. The molecule has 0 spiro atoms. The molecule has 404 valence electrons. The second kappa shape index (κ2) is 60.2. The van der Waals surface area contributed by atoms with Crippen LogP contribution in [0.3, 0.4) is 0 Å². The summed E-state index contributed by atoms with van der Waals surface area (Å²) in [5.41, 5.74) is 0. The second-order valence-corrected chi connectivity index (χ2v) is 20.8. The lowest BCUT2D eigenvalue weighted by Gasteiger charge is -2.15. The largest absolute Gasteiger partial charge is 0.462 e. The Bertz CT molecular complexity index is 1140. The summed E-state index contributed by atoms with van der Waals surface area (Å²) in [6.07, 6.45) is 79.8. The maximum atomic E-state index is 12.3. The van der Waals surface area contributed by atoms with E-state index in [1.807, 2.05) is 0 Å². The number of carbonyl (C=O) groups is 2. The zero-order chi connectivity index (χ0) is 49.9. The molecule has 1 unspecified atom stereocenters. The maximum absolute atomic E-state index is 12.3. The number of esters is 2. The van der Waals surface area contributed by atoms with Crippen LogP contribution in [-0.4, -0.2) is 36.4 Å². The van der Waals surface area contributed by atoms with Crippen LogP contribution in [0, 0.1) is 0 Å². The maximum Gasteiger partial charge on any atom is 0.306 e. The molecule has 0 aromatic rings. The van der Waals surface area contributed by atoms with Crippen LogP contribution in [0.4, 0.5) is 0 Å². The number of unbranched alkanes of at least 4 members (excludes halogenated alkanes) is 41. The highest BCUT2D eigenvalue weighted by Gasteiger charge is 2.16. The van der Waals surface area contributed by atoms with Crippen LogP contribution >= 0.6 is 0 Å². The van der Waals surface area contributed by atoms with Crippen molar-refractivity contribution < 1.29 is 24.2 Å². The van der Waals surface area contributed by atoms with Crippen molar-refractivity contribution in [1.29, 1.82) is 0 Å². The number of aliphatic hydroxyl groups is 1. The van der Waals surface area contributed by atoms with E-state index in [9.17, 15) is 14.7 Å². The van der Waals surface area contributed by atoms with Gasteiger partial charge in [-0.2, -0.15) is 0 Å². The summed E-state index contributed by atoms with van der Waals surface area (Å²) in [6, 6.07) is 0. The van der Waals surface area contributed by atoms with E-state index in [-0.39, 0.29) is 25.2 Å². The highest BCUT2D eigenvalue weighted by Crippen LogP contribution is 2.17. The van der Waals surface area contributed by atoms with E-state index in [0.29, 0.717) is 12.8 Å². The normalized spacial score (nSPS) is 12.4. The molecular formula is C64H118O5. The zero-order valence-electron chi connectivity index (χ0n) is 46.3. The summed E-state index contributed by atoms with van der Waals surface area (Å²) in [5.74, 6) is -0.585. The van der Waals surface area contributed by atoms with Gasteiger partial charge in [0.05, 0.1) is 6.61 Å². The van der Waals surface area contributed by atoms with Crippen molar-refractivity contribution in [2.24, 2.45) is 0 Å². The molecule has 0 aromatic carbocycles. The highest BCUT2D eigenvalue weighted by atomic mass is 16.6. The molecule has 0 saturated heterocycles. The number of allylic oxidation sites excluding steroid dienone is 8. The van der Waals surface area contributed by atoms with Crippen molar-refractivity contribution in [1.82, 2.24) is 0 Å². The van der Waals surface area contributed by atoms with Crippen molar-refractivity contribution in [3.05, 3.63) is 48.6 Å². The summed E-state index contributed by atoms with van der Waals surface area (Å²) < 4.78 is 10.7. The van der Waals surface area contributed by atoms with Gasteiger partial charge in [-0.1, -0.05) is 287 Å². The van der Waals surface area contributed by atoms with Gasteiger partial charge in [0.15, 0.2) is 6.10 Å². The number of carbonyl (C=O) groups excluding carboxylic acids is 2. The van der Waals surface area contributed by atoms with Crippen LogP contribution in [0.15, 0.2) is 48.6 Å². The molecule has 0 fully saturated rings. The molecule has 0 rings (SSSR count). The minimum absolute atomic E-state index is 0.0660. The third-order valence-corrected chi connectivity index (χ3v) is 13.8. The molecule has 0 amide bonds. The van der Waals surface area contributed by atoms with Crippen molar-refractivity contribution in [3.63, 3.8) is 0 Å². The predicted molar refractivity (Wildman–Crippen MR) is 302 cm³/mol. The number of rotatable bonds is 57. The first-order valence-electron chi connectivity index (χ1n) is 30.7. The van der Waals surface area contributed by atoms with Gasteiger partial charge < -0.3 is 14.6 Å². The number of aliphatic hydroxyl groups excluding tert-OH is 1.